The zero-order chi connectivity index (χ0) is 18.4. The molecular formula is C28H34O. The van der Waals surface area contributed by atoms with Gasteiger partial charge in [0.25, 0.3) is 0 Å². The summed E-state index contributed by atoms with van der Waals surface area (Å²) in [5.41, 5.74) is 2.40. The molecule has 16 fully saturated rings. The molecule has 0 aromatic rings. The molecule has 0 aliphatic heterocycles. The van der Waals surface area contributed by atoms with Crippen LogP contribution in [0.5, 0.6) is 0 Å². The van der Waals surface area contributed by atoms with Crippen LogP contribution in [0.2, 0.25) is 0 Å². The molecule has 0 N–H and O–H groups in total. The summed E-state index contributed by atoms with van der Waals surface area (Å²) >= 11 is 0. The van der Waals surface area contributed by atoms with Crippen LogP contribution in [0.4, 0.5) is 0 Å². The number of carbonyl (C=O) groups is 1. The predicted molar refractivity (Wildman–Crippen MR) is 107 cm³/mol. The van der Waals surface area contributed by atoms with Crippen molar-refractivity contribution in [1.29, 1.82) is 0 Å². The molecule has 17 bridgehead atoms. The van der Waals surface area contributed by atoms with Crippen LogP contribution in [0, 0.1) is 98.6 Å². The first-order valence-electron chi connectivity index (χ1n) is 13.5. The van der Waals surface area contributed by atoms with Crippen LogP contribution in [0.15, 0.2) is 0 Å². The molecule has 17 atom stereocenters. The first-order chi connectivity index (χ1) is 14.0. The van der Waals surface area contributed by atoms with E-state index >= 15 is 0 Å². The molecule has 0 saturated heterocycles. The quantitative estimate of drug-likeness (QED) is 0.606. The summed E-state index contributed by atoms with van der Waals surface area (Å²) in [6.45, 7) is 2.00. The third-order valence-corrected chi connectivity index (χ3v) is 16.0. The average Bonchev–Trinajstić information content (AvgIpc) is 2.68. The molecule has 1 heteroatoms. The molecule has 16 rings (SSSR count). The highest BCUT2D eigenvalue weighted by atomic mass is 16.1. The Kier molecular flexibility index (Phi) is 1.79. The molecular weight excluding hydrogens is 352 g/mol. The number of hydrogen-bond donors (Lipinski definition) is 0. The van der Waals surface area contributed by atoms with Crippen molar-refractivity contribution in [3.63, 3.8) is 0 Å². The van der Waals surface area contributed by atoms with Crippen molar-refractivity contribution in [2.75, 3.05) is 0 Å². The highest BCUT2D eigenvalue weighted by Gasteiger charge is 2.93. The number of Topliss-reactive ketones (excluding diaryl/α,β-unsaturated/α-hetero) is 1. The van der Waals surface area contributed by atoms with Crippen molar-refractivity contribution >= 4 is 5.78 Å². The van der Waals surface area contributed by atoms with Crippen molar-refractivity contribution < 1.29 is 4.79 Å². The first-order valence-corrected chi connectivity index (χ1v) is 13.5. The van der Waals surface area contributed by atoms with Gasteiger partial charge >= 0.3 is 0 Å². The summed E-state index contributed by atoms with van der Waals surface area (Å²) in [7, 11) is 0. The molecule has 16 aliphatic carbocycles. The maximum atomic E-state index is 13.1. The van der Waals surface area contributed by atoms with Gasteiger partial charge in [0.2, 0.25) is 0 Å². The van der Waals surface area contributed by atoms with E-state index in [0.29, 0.717) is 11.2 Å². The predicted octanol–water partition coefficient (Wildman–Crippen LogP) is 5.19. The summed E-state index contributed by atoms with van der Waals surface area (Å²) < 4.78 is 0. The maximum absolute atomic E-state index is 13.1. The second-order valence-corrected chi connectivity index (χ2v) is 15.4. The first kappa shape index (κ1) is 14.7. The minimum Gasteiger partial charge on any atom is -0.299 e. The van der Waals surface area contributed by atoms with Crippen molar-refractivity contribution in [2.24, 2.45) is 98.6 Å². The van der Waals surface area contributed by atoms with E-state index in [1.165, 1.54) is 37.0 Å². The zero-order valence-corrected chi connectivity index (χ0v) is 17.8. The molecule has 16 aliphatic rings. The van der Waals surface area contributed by atoms with Crippen molar-refractivity contribution in [3.05, 3.63) is 0 Å². The van der Waals surface area contributed by atoms with Gasteiger partial charge in [0, 0.05) is 5.41 Å². The summed E-state index contributed by atoms with van der Waals surface area (Å²) in [5.74, 6) is 15.0. The second-order valence-electron chi connectivity index (χ2n) is 15.4. The van der Waals surface area contributed by atoms with E-state index in [1.54, 1.807) is 38.5 Å². The third kappa shape index (κ3) is 1.01. The van der Waals surface area contributed by atoms with Crippen molar-refractivity contribution in [3.8, 4) is 0 Å². The number of ketones is 1. The fourth-order valence-corrected chi connectivity index (χ4v) is 17.2. The van der Waals surface area contributed by atoms with Gasteiger partial charge < -0.3 is 0 Å². The number of hydrogen-bond acceptors (Lipinski definition) is 1. The van der Waals surface area contributed by atoms with Crippen LogP contribution in [0.25, 0.3) is 0 Å². The Morgan fingerprint density at radius 1 is 0.586 bits per heavy atom. The van der Waals surface area contributed by atoms with Gasteiger partial charge in [-0.2, -0.15) is 0 Å². The molecule has 0 radical (unpaired) electrons. The van der Waals surface area contributed by atoms with E-state index in [-0.39, 0.29) is 5.41 Å². The zero-order valence-electron chi connectivity index (χ0n) is 17.8. The van der Waals surface area contributed by atoms with Gasteiger partial charge in [-0.3, -0.25) is 4.79 Å². The van der Waals surface area contributed by atoms with Crippen LogP contribution in [-0.2, 0) is 4.79 Å². The van der Waals surface area contributed by atoms with Crippen molar-refractivity contribution in [1.82, 2.24) is 0 Å². The van der Waals surface area contributed by atoms with Gasteiger partial charge in [0.05, 0.1) is 0 Å². The van der Waals surface area contributed by atoms with Gasteiger partial charge in [-0.15, -0.1) is 0 Å². The highest BCUT2D eigenvalue weighted by molar-refractivity contribution is 5.83. The summed E-state index contributed by atoms with van der Waals surface area (Å²) in [4.78, 5) is 13.1. The lowest BCUT2D eigenvalue weighted by Gasteiger charge is -2.97. The fraction of sp³-hybridized carbons (Fsp3) is 0.964. The number of carbonyl (C=O) groups excluding carboxylic acids is 1. The molecule has 7 unspecified atom stereocenters. The van der Waals surface area contributed by atoms with Crippen molar-refractivity contribution in [2.45, 2.75) is 64.7 Å². The molecule has 0 amide bonds. The molecule has 152 valence electrons. The van der Waals surface area contributed by atoms with E-state index < -0.39 is 0 Å². The Hall–Kier alpha value is -0.330. The van der Waals surface area contributed by atoms with E-state index in [1.807, 2.05) is 6.92 Å². The maximum Gasteiger partial charge on any atom is 0.136 e. The molecule has 1 nitrogen and oxygen atoms in total. The summed E-state index contributed by atoms with van der Waals surface area (Å²) in [6.07, 6.45) is 14.0. The molecule has 16 saturated carbocycles. The van der Waals surface area contributed by atoms with Gasteiger partial charge in [-0.25, -0.2) is 0 Å². The monoisotopic (exact) mass is 386 g/mol. The summed E-state index contributed by atoms with van der Waals surface area (Å²) in [5, 5.41) is 0. The minimum absolute atomic E-state index is 0.139. The van der Waals surface area contributed by atoms with E-state index in [9.17, 15) is 4.79 Å². The van der Waals surface area contributed by atoms with Crippen LogP contribution < -0.4 is 0 Å². The van der Waals surface area contributed by atoms with E-state index in [0.717, 1.165) is 70.0 Å². The van der Waals surface area contributed by atoms with E-state index in [2.05, 4.69) is 0 Å². The van der Waals surface area contributed by atoms with Gasteiger partial charge in [-0.05, 0) is 158 Å². The van der Waals surface area contributed by atoms with Crippen LogP contribution >= 0.6 is 0 Å². The molecule has 29 heavy (non-hydrogen) atoms. The van der Waals surface area contributed by atoms with Crippen LogP contribution in [0.1, 0.15) is 64.7 Å². The van der Waals surface area contributed by atoms with Gasteiger partial charge in [0.1, 0.15) is 5.78 Å². The lowest BCUT2D eigenvalue weighted by molar-refractivity contribution is -0.490. The van der Waals surface area contributed by atoms with Crippen LogP contribution in [-0.4, -0.2) is 5.78 Å². The molecule has 0 aromatic heterocycles. The Morgan fingerprint density at radius 3 is 1.79 bits per heavy atom. The fourth-order valence-electron chi connectivity index (χ4n) is 17.2. The molecule has 3 spiro atoms. The minimum atomic E-state index is 0.139. The Morgan fingerprint density at radius 2 is 1.17 bits per heavy atom. The molecule has 0 aromatic carbocycles. The average molecular weight is 387 g/mol. The standard InChI is InChI=1S/C28H34O/c1-11(29)25-5-17-16-8-26-7-15-13-2-12-3-14(15)20-24(26)22(18(16)6-25)28(9-25)10-27(20,4-12)19(13)23(26)21(17)28/h12-24H,2-10H2,1H3/t12?,13-,14+,15?,16?,17+,18-,19-,20+,21+,22-,23+,24-,25?,26?,27?,28?. The molecule has 0 heterocycles. The normalized spacial score (nSPS) is 83.1. The Labute approximate surface area is 174 Å². The van der Waals surface area contributed by atoms with E-state index in [4.69, 9.17) is 0 Å². The Bertz CT molecular complexity index is 927. The largest absolute Gasteiger partial charge is 0.299 e. The Balaban J connectivity index is 1.26. The summed E-state index contributed by atoms with van der Waals surface area (Å²) in [6, 6.07) is 0. The smallest absolute Gasteiger partial charge is 0.136 e. The SMILES string of the molecule is CC(=O)C12C[C@@H]3C4CC56CC7[C@H]8CC9C[C@@H]7[C@H]7[C@@H]5[C@@H]3C3(C1)CC7(C9)[C@H]8[C@H]6[C@@H]3[C@H]4C2. The third-order valence-electron chi connectivity index (χ3n) is 16.0. The van der Waals surface area contributed by atoms with Gasteiger partial charge in [-0.1, -0.05) is 0 Å². The number of rotatable bonds is 1. The van der Waals surface area contributed by atoms with Gasteiger partial charge in [0.15, 0.2) is 0 Å². The lowest BCUT2D eigenvalue weighted by atomic mass is 9.07. The van der Waals surface area contributed by atoms with Crippen LogP contribution in [0.3, 0.4) is 0 Å². The topological polar surface area (TPSA) is 17.1 Å². The lowest BCUT2D eigenvalue weighted by Crippen LogP contribution is -2.92. The second kappa shape index (κ2) is 3.53. The highest BCUT2D eigenvalue weighted by Crippen LogP contribution is 2.98.